The van der Waals surface area contributed by atoms with E-state index in [1.165, 1.54) is 17.7 Å². The van der Waals surface area contributed by atoms with E-state index in [0.29, 0.717) is 12.0 Å². The number of aryl methyl sites for hydroxylation is 1. The summed E-state index contributed by atoms with van der Waals surface area (Å²) in [7, 11) is 0. The van der Waals surface area contributed by atoms with Crippen molar-refractivity contribution in [1.82, 2.24) is 0 Å². The van der Waals surface area contributed by atoms with E-state index in [1.807, 2.05) is 24.3 Å². The minimum atomic E-state index is -2.45. The van der Waals surface area contributed by atoms with Crippen molar-refractivity contribution < 1.29 is 35.0 Å². The summed E-state index contributed by atoms with van der Waals surface area (Å²) in [6, 6.07) is 13.0. The highest BCUT2D eigenvalue weighted by atomic mass is 16.7. The van der Waals surface area contributed by atoms with E-state index in [0.717, 1.165) is 12.0 Å². The molecule has 0 spiro atoms. The predicted molar refractivity (Wildman–Crippen MR) is 119 cm³/mol. The van der Waals surface area contributed by atoms with Crippen LogP contribution in [0.2, 0.25) is 0 Å². The second-order valence-corrected chi connectivity index (χ2v) is 8.60. The van der Waals surface area contributed by atoms with Crippen molar-refractivity contribution in [2.24, 2.45) is 0 Å². The molecule has 1 heterocycles. The molecule has 1 aliphatic rings. The quantitative estimate of drug-likeness (QED) is 0.416. The second kappa shape index (κ2) is 10.2. The maximum atomic E-state index is 11.3. The first-order valence-electron chi connectivity index (χ1n) is 11.0. The third-order valence-corrected chi connectivity index (χ3v) is 5.86. The van der Waals surface area contributed by atoms with Gasteiger partial charge in [-0.15, -0.1) is 0 Å². The van der Waals surface area contributed by atoms with Crippen molar-refractivity contribution in [1.29, 1.82) is 5.26 Å². The molecule has 2 aromatic rings. The molecule has 5 N–H and O–H groups in total. The van der Waals surface area contributed by atoms with E-state index < -0.39 is 36.8 Å². The molecule has 0 amide bonds. The molecule has 1 aliphatic heterocycles. The molecule has 0 radical (unpaired) electrons. The van der Waals surface area contributed by atoms with Crippen molar-refractivity contribution in [3.63, 3.8) is 0 Å². The van der Waals surface area contributed by atoms with Crippen LogP contribution in [0.15, 0.2) is 36.4 Å². The topological polar surface area (TPSA) is 143 Å². The molecule has 0 aliphatic carbocycles. The SMILES string of the molecule is CCc1ccc(Cc2cc([C@@]3(O)O[C@H](CO)[C@@H](O)[C@H](O)[C@H]3O)cc(OC(C)C)c2C#N)cc1. The lowest BCUT2D eigenvalue weighted by Crippen LogP contribution is -2.63. The molecule has 1 fully saturated rings. The van der Waals surface area contributed by atoms with Gasteiger partial charge in [0.1, 0.15) is 36.2 Å². The van der Waals surface area contributed by atoms with Crippen LogP contribution in [-0.2, 0) is 23.4 Å². The van der Waals surface area contributed by atoms with Crippen LogP contribution >= 0.6 is 0 Å². The zero-order valence-corrected chi connectivity index (χ0v) is 19.0. The van der Waals surface area contributed by atoms with Gasteiger partial charge in [-0.2, -0.15) is 5.26 Å². The Morgan fingerprint density at radius 2 is 1.73 bits per heavy atom. The Hall–Kier alpha value is -2.51. The third-order valence-electron chi connectivity index (χ3n) is 5.86. The van der Waals surface area contributed by atoms with Gasteiger partial charge in [-0.25, -0.2) is 0 Å². The maximum absolute atomic E-state index is 11.3. The average molecular weight is 458 g/mol. The zero-order valence-electron chi connectivity index (χ0n) is 19.0. The van der Waals surface area contributed by atoms with Gasteiger partial charge in [0.15, 0.2) is 0 Å². The molecule has 0 bridgehead atoms. The summed E-state index contributed by atoms with van der Waals surface area (Å²) in [5.74, 6) is -2.26. The van der Waals surface area contributed by atoms with Crippen LogP contribution in [0.5, 0.6) is 5.75 Å². The summed E-state index contributed by atoms with van der Waals surface area (Å²) in [5, 5.41) is 61.6. The minimum Gasteiger partial charge on any atom is -0.490 e. The van der Waals surface area contributed by atoms with Crippen molar-refractivity contribution in [3.8, 4) is 11.8 Å². The lowest BCUT2D eigenvalue weighted by atomic mass is 9.86. The zero-order chi connectivity index (χ0) is 24.3. The van der Waals surface area contributed by atoms with Crippen LogP contribution < -0.4 is 4.74 Å². The van der Waals surface area contributed by atoms with Crippen LogP contribution in [0, 0.1) is 11.3 Å². The number of nitrogens with zero attached hydrogens (tertiary/aromatic N) is 1. The van der Waals surface area contributed by atoms with Crippen molar-refractivity contribution in [2.75, 3.05) is 6.61 Å². The number of benzene rings is 2. The Bertz CT molecular complexity index is 999. The molecule has 1 saturated heterocycles. The Labute approximate surface area is 193 Å². The standard InChI is InChI=1S/C25H31NO7/c1-4-15-5-7-16(8-6-15)9-17-10-18(11-20(19(17)12-26)32-14(2)3)25(31)24(30)23(29)22(28)21(13-27)33-25/h5-8,10-11,14,21-24,27-31H,4,9,13H2,1-3H3/t21-,22-,23+,24-,25-/m1/s1. The number of hydrogen-bond acceptors (Lipinski definition) is 8. The number of ether oxygens (including phenoxy) is 2. The highest BCUT2D eigenvalue weighted by Crippen LogP contribution is 2.40. The van der Waals surface area contributed by atoms with Crippen LogP contribution in [0.3, 0.4) is 0 Å². The lowest BCUT2D eigenvalue weighted by Gasteiger charge is -2.45. The van der Waals surface area contributed by atoms with E-state index in [-0.39, 0.29) is 23.0 Å². The molecule has 5 atom stereocenters. The lowest BCUT2D eigenvalue weighted by molar-refractivity contribution is -0.357. The van der Waals surface area contributed by atoms with Gasteiger partial charge in [0.25, 0.3) is 0 Å². The first-order valence-corrected chi connectivity index (χ1v) is 11.0. The predicted octanol–water partition coefficient (Wildman–Crippen LogP) is 1.12. The van der Waals surface area contributed by atoms with Crippen molar-refractivity contribution >= 4 is 0 Å². The molecule has 3 rings (SSSR count). The van der Waals surface area contributed by atoms with Crippen LogP contribution in [-0.4, -0.2) is 62.7 Å². The first-order chi connectivity index (χ1) is 15.6. The minimum absolute atomic E-state index is 0.0363. The second-order valence-electron chi connectivity index (χ2n) is 8.60. The number of aliphatic hydroxyl groups excluding tert-OH is 4. The van der Waals surface area contributed by atoms with Gasteiger partial charge in [-0.1, -0.05) is 31.2 Å². The van der Waals surface area contributed by atoms with E-state index in [1.54, 1.807) is 13.8 Å². The Morgan fingerprint density at radius 1 is 1.09 bits per heavy atom. The van der Waals surface area contributed by atoms with Gasteiger partial charge >= 0.3 is 0 Å². The van der Waals surface area contributed by atoms with Crippen molar-refractivity contribution in [2.45, 2.75) is 69.9 Å². The van der Waals surface area contributed by atoms with Gasteiger partial charge in [0.2, 0.25) is 5.79 Å². The molecule has 0 saturated carbocycles. The fourth-order valence-electron chi connectivity index (χ4n) is 4.00. The Balaban J connectivity index is 2.12. The molecule has 8 nitrogen and oxygen atoms in total. The van der Waals surface area contributed by atoms with E-state index in [2.05, 4.69) is 13.0 Å². The van der Waals surface area contributed by atoms with Crippen LogP contribution in [0.25, 0.3) is 0 Å². The monoisotopic (exact) mass is 457 g/mol. The number of hydrogen-bond donors (Lipinski definition) is 5. The molecule has 0 aromatic heterocycles. The fourth-order valence-corrected chi connectivity index (χ4v) is 4.00. The smallest absolute Gasteiger partial charge is 0.222 e. The van der Waals surface area contributed by atoms with Gasteiger partial charge < -0.3 is 35.0 Å². The Kier molecular flexibility index (Phi) is 7.75. The van der Waals surface area contributed by atoms with Gasteiger partial charge in [0.05, 0.1) is 18.3 Å². The molecular formula is C25H31NO7. The average Bonchev–Trinajstić information content (AvgIpc) is 2.80. The van der Waals surface area contributed by atoms with E-state index >= 15 is 0 Å². The van der Waals surface area contributed by atoms with Gasteiger partial charge in [-0.05, 0) is 55.5 Å². The molecule has 0 unspecified atom stereocenters. The van der Waals surface area contributed by atoms with Crippen LogP contribution in [0.1, 0.15) is 48.6 Å². The molecule has 2 aromatic carbocycles. The van der Waals surface area contributed by atoms with E-state index in [4.69, 9.17) is 9.47 Å². The summed E-state index contributed by atoms with van der Waals surface area (Å²) in [5.41, 5.74) is 2.94. The highest BCUT2D eigenvalue weighted by Gasteiger charge is 2.54. The molecule has 8 heteroatoms. The third kappa shape index (κ3) is 5.04. The summed E-state index contributed by atoms with van der Waals surface area (Å²) in [6.45, 7) is 4.96. The first kappa shape index (κ1) is 25.1. The number of rotatable bonds is 7. The number of nitriles is 1. The summed E-state index contributed by atoms with van der Waals surface area (Å²) in [4.78, 5) is 0. The van der Waals surface area contributed by atoms with Crippen molar-refractivity contribution in [3.05, 3.63) is 64.2 Å². The summed E-state index contributed by atoms with van der Waals surface area (Å²) < 4.78 is 11.3. The highest BCUT2D eigenvalue weighted by molar-refractivity contribution is 5.54. The molecular weight excluding hydrogens is 426 g/mol. The molecule has 33 heavy (non-hydrogen) atoms. The summed E-state index contributed by atoms with van der Waals surface area (Å²) >= 11 is 0. The van der Waals surface area contributed by atoms with Gasteiger partial charge in [0, 0.05) is 5.56 Å². The van der Waals surface area contributed by atoms with Crippen LogP contribution in [0.4, 0.5) is 0 Å². The summed E-state index contributed by atoms with van der Waals surface area (Å²) in [6.07, 6.45) is -5.64. The number of aliphatic hydroxyl groups is 5. The van der Waals surface area contributed by atoms with Gasteiger partial charge in [-0.3, -0.25) is 0 Å². The Morgan fingerprint density at radius 3 is 2.27 bits per heavy atom. The largest absolute Gasteiger partial charge is 0.490 e. The fraction of sp³-hybridized carbons (Fsp3) is 0.480. The normalized spacial score (nSPS) is 27.4. The molecule has 178 valence electrons. The maximum Gasteiger partial charge on any atom is 0.222 e. The van der Waals surface area contributed by atoms with E-state index in [9.17, 15) is 30.8 Å².